The highest BCUT2D eigenvalue weighted by Crippen LogP contribution is 2.30. The molecule has 0 atom stereocenters. The SMILES string of the molecule is COc1cc(N)ccc1Nc1nc2cc(C)ccc2o1. The van der Waals surface area contributed by atoms with E-state index in [9.17, 15) is 0 Å². The van der Waals surface area contributed by atoms with E-state index in [2.05, 4.69) is 10.3 Å². The van der Waals surface area contributed by atoms with Crippen molar-refractivity contribution in [1.82, 2.24) is 4.98 Å². The number of nitrogens with zero attached hydrogens (tertiary/aromatic N) is 1. The quantitative estimate of drug-likeness (QED) is 0.712. The summed E-state index contributed by atoms with van der Waals surface area (Å²) in [7, 11) is 1.59. The second kappa shape index (κ2) is 4.77. The van der Waals surface area contributed by atoms with Gasteiger partial charge in [0.1, 0.15) is 11.3 Å². The van der Waals surface area contributed by atoms with Crippen LogP contribution in [0.3, 0.4) is 0 Å². The maximum absolute atomic E-state index is 5.73. The van der Waals surface area contributed by atoms with Gasteiger partial charge < -0.3 is 20.2 Å². The molecule has 102 valence electrons. The van der Waals surface area contributed by atoms with Crippen LogP contribution in [0.1, 0.15) is 5.56 Å². The highest BCUT2D eigenvalue weighted by molar-refractivity contribution is 5.77. The molecule has 5 heteroatoms. The van der Waals surface area contributed by atoms with Crippen LogP contribution in [0.15, 0.2) is 40.8 Å². The fraction of sp³-hybridized carbons (Fsp3) is 0.133. The molecule has 20 heavy (non-hydrogen) atoms. The second-order valence-corrected chi connectivity index (χ2v) is 4.57. The number of nitrogens with one attached hydrogen (secondary N) is 1. The van der Waals surface area contributed by atoms with E-state index in [1.807, 2.05) is 31.2 Å². The molecule has 3 rings (SSSR count). The van der Waals surface area contributed by atoms with Crippen LogP contribution in [0.5, 0.6) is 5.75 Å². The van der Waals surface area contributed by atoms with E-state index in [-0.39, 0.29) is 0 Å². The van der Waals surface area contributed by atoms with Crippen molar-refractivity contribution in [2.24, 2.45) is 0 Å². The molecule has 0 radical (unpaired) electrons. The monoisotopic (exact) mass is 269 g/mol. The summed E-state index contributed by atoms with van der Waals surface area (Å²) < 4.78 is 10.9. The Kier molecular flexibility index (Phi) is 2.95. The number of oxazole rings is 1. The van der Waals surface area contributed by atoms with Crippen molar-refractivity contribution in [3.63, 3.8) is 0 Å². The Labute approximate surface area is 116 Å². The smallest absolute Gasteiger partial charge is 0.300 e. The van der Waals surface area contributed by atoms with E-state index >= 15 is 0 Å². The van der Waals surface area contributed by atoms with E-state index in [1.54, 1.807) is 19.2 Å². The van der Waals surface area contributed by atoms with Crippen LogP contribution in [0.4, 0.5) is 17.4 Å². The fourth-order valence-electron chi connectivity index (χ4n) is 2.02. The molecule has 0 spiro atoms. The number of nitrogens with two attached hydrogens (primary N) is 1. The largest absolute Gasteiger partial charge is 0.494 e. The fourth-order valence-corrected chi connectivity index (χ4v) is 2.02. The summed E-state index contributed by atoms with van der Waals surface area (Å²) in [6, 6.07) is 11.7. The van der Waals surface area contributed by atoms with Crippen LogP contribution in [-0.4, -0.2) is 12.1 Å². The summed E-state index contributed by atoms with van der Waals surface area (Å²) in [5.41, 5.74) is 9.83. The Bertz CT molecular complexity index is 765. The van der Waals surface area contributed by atoms with Gasteiger partial charge in [0.25, 0.3) is 6.01 Å². The van der Waals surface area contributed by atoms with Crippen molar-refractivity contribution in [3.05, 3.63) is 42.0 Å². The molecule has 0 aliphatic carbocycles. The van der Waals surface area contributed by atoms with Crippen LogP contribution in [0.25, 0.3) is 11.1 Å². The zero-order valence-electron chi connectivity index (χ0n) is 11.3. The Hall–Kier alpha value is -2.69. The summed E-state index contributed by atoms with van der Waals surface area (Å²) in [5.74, 6) is 0.642. The molecule has 1 aromatic heterocycles. The number of hydrogen-bond donors (Lipinski definition) is 2. The van der Waals surface area contributed by atoms with E-state index in [0.717, 1.165) is 22.4 Å². The van der Waals surface area contributed by atoms with Crippen LogP contribution in [-0.2, 0) is 0 Å². The van der Waals surface area contributed by atoms with Gasteiger partial charge in [-0.25, -0.2) is 0 Å². The summed E-state index contributed by atoms with van der Waals surface area (Å²) in [5, 5.41) is 3.10. The molecule has 0 saturated heterocycles. The molecule has 0 saturated carbocycles. The lowest BCUT2D eigenvalue weighted by atomic mass is 10.2. The van der Waals surface area contributed by atoms with Gasteiger partial charge in [0.05, 0.1) is 12.8 Å². The average molecular weight is 269 g/mol. The van der Waals surface area contributed by atoms with Crippen molar-refractivity contribution in [2.45, 2.75) is 6.92 Å². The molecule has 3 aromatic rings. The number of anilines is 3. The first-order chi connectivity index (χ1) is 9.65. The number of fused-ring (bicyclic) bond motifs is 1. The molecule has 3 N–H and O–H groups in total. The number of nitrogen functional groups attached to an aromatic ring is 1. The van der Waals surface area contributed by atoms with Crippen molar-refractivity contribution >= 4 is 28.5 Å². The average Bonchev–Trinajstić information content (AvgIpc) is 2.82. The first-order valence-electron chi connectivity index (χ1n) is 6.23. The predicted octanol–water partition coefficient (Wildman–Crippen LogP) is 3.47. The normalized spacial score (nSPS) is 10.7. The van der Waals surface area contributed by atoms with Gasteiger partial charge in [-0.1, -0.05) is 6.07 Å². The Balaban J connectivity index is 1.96. The van der Waals surface area contributed by atoms with Gasteiger partial charge in [-0.2, -0.15) is 4.98 Å². The molecular weight excluding hydrogens is 254 g/mol. The second-order valence-electron chi connectivity index (χ2n) is 4.57. The summed E-state index contributed by atoms with van der Waals surface area (Å²) >= 11 is 0. The maximum Gasteiger partial charge on any atom is 0.300 e. The lowest BCUT2D eigenvalue weighted by Crippen LogP contribution is -1.96. The molecule has 0 fully saturated rings. The topological polar surface area (TPSA) is 73.3 Å². The van der Waals surface area contributed by atoms with Crippen LogP contribution >= 0.6 is 0 Å². The van der Waals surface area contributed by atoms with E-state index in [4.69, 9.17) is 14.9 Å². The van der Waals surface area contributed by atoms with Gasteiger partial charge in [0.15, 0.2) is 5.58 Å². The lowest BCUT2D eigenvalue weighted by molar-refractivity contribution is 0.417. The molecule has 0 aliphatic heterocycles. The minimum Gasteiger partial charge on any atom is -0.494 e. The number of aromatic nitrogens is 1. The van der Waals surface area contributed by atoms with Gasteiger partial charge in [0.2, 0.25) is 0 Å². The standard InChI is InChI=1S/C15H15N3O2/c1-9-3-6-13-12(7-9)18-15(20-13)17-11-5-4-10(16)8-14(11)19-2/h3-8H,16H2,1-2H3,(H,17,18). The van der Waals surface area contributed by atoms with Gasteiger partial charge >= 0.3 is 0 Å². The number of hydrogen-bond acceptors (Lipinski definition) is 5. The first-order valence-corrected chi connectivity index (χ1v) is 6.23. The highest BCUT2D eigenvalue weighted by atomic mass is 16.5. The van der Waals surface area contributed by atoms with Crippen LogP contribution in [0, 0.1) is 6.92 Å². The predicted molar refractivity (Wildman–Crippen MR) is 79.4 cm³/mol. The molecule has 5 nitrogen and oxygen atoms in total. The third-order valence-electron chi connectivity index (χ3n) is 3.01. The maximum atomic E-state index is 5.73. The molecule has 0 bridgehead atoms. The van der Waals surface area contributed by atoms with Crippen molar-refractivity contribution in [1.29, 1.82) is 0 Å². The molecule has 1 heterocycles. The molecule has 0 aliphatic rings. The van der Waals surface area contributed by atoms with E-state index in [1.165, 1.54) is 0 Å². The van der Waals surface area contributed by atoms with E-state index < -0.39 is 0 Å². The lowest BCUT2D eigenvalue weighted by Gasteiger charge is -2.08. The van der Waals surface area contributed by atoms with Crippen molar-refractivity contribution < 1.29 is 9.15 Å². The Morgan fingerprint density at radius 3 is 2.85 bits per heavy atom. The van der Waals surface area contributed by atoms with Crippen LogP contribution < -0.4 is 15.8 Å². The summed E-state index contributed by atoms with van der Waals surface area (Å²) in [4.78, 5) is 4.40. The van der Waals surface area contributed by atoms with Crippen molar-refractivity contribution in [2.75, 3.05) is 18.2 Å². The molecule has 0 unspecified atom stereocenters. The van der Waals surface area contributed by atoms with E-state index in [0.29, 0.717) is 17.5 Å². The minimum absolute atomic E-state index is 0.425. The van der Waals surface area contributed by atoms with Crippen molar-refractivity contribution in [3.8, 4) is 5.75 Å². The zero-order chi connectivity index (χ0) is 14.1. The zero-order valence-corrected chi connectivity index (χ0v) is 11.3. The third-order valence-corrected chi connectivity index (χ3v) is 3.01. The third kappa shape index (κ3) is 2.25. The number of aryl methyl sites for hydroxylation is 1. The Morgan fingerprint density at radius 2 is 2.05 bits per heavy atom. The Morgan fingerprint density at radius 1 is 1.20 bits per heavy atom. The van der Waals surface area contributed by atoms with Gasteiger partial charge in [-0.15, -0.1) is 0 Å². The minimum atomic E-state index is 0.425. The molecule has 0 amide bonds. The summed E-state index contributed by atoms with van der Waals surface area (Å²) in [6.07, 6.45) is 0. The number of ether oxygens (including phenoxy) is 1. The highest BCUT2D eigenvalue weighted by Gasteiger charge is 2.09. The van der Waals surface area contributed by atoms with Gasteiger partial charge in [0, 0.05) is 11.8 Å². The van der Waals surface area contributed by atoms with Gasteiger partial charge in [-0.3, -0.25) is 0 Å². The number of rotatable bonds is 3. The number of benzene rings is 2. The summed E-state index contributed by atoms with van der Waals surface area (Å²) in [6.45, 7) is 2.02. The number of methoxy groups -OCH3 is 1. The molecule has 2 aromatic carbocycles. The van der Waals surface area contributed by atoms with Crippen LogP contribution in [0.2, 0.25) is 0 Å². The first kappa shape index (κ1) is 12.3. The molecular formula is C15H15N3O2. The van der Waals surface area contributed by atoms with Gasteiger partial charge in [-0.05, 0) is 36.8 Å².